The average Bonchev–Trinajstić information content (AvgIpc) is 2.67. The predicted octanol–water partition coefficient (Wildman–Crippen LogP) is 3.41. The summed E-state index contributed by atoms with van der Waals surface area (Å²) < 4.78 is 5.15. The van der Waals surface area contributed by atoms with Crippen LogP contribution in [0.2, 0.25) is 0 Å². The molecule has 1 N–H and O–H groups in total. The van der Waals surface area contributed by atoms with Crippen molar-refractivity contribution in [3.8, 4) is 0 Å². The Hall–Kier alpha value is -2.95. The molecule has 2 aromatic rings. The zero-order valence-electron chi connectivity index (χ0n) is 16.2. The van der Waals surface area contributed by atoms with E-state index in [1.165, 1.54) is 6.92 Å². The minimum atomic E-state index is -0.913. The van der Waals surface area contributed by atoms with Crippen molar-refractivity contribution in [2.45, 2.75) is 40.2 Å². The highest BCUT2D eigenvalue weighted by atomic mass is 16.5. The molecule has 0 saturated heterocycles. The van der Waals surface area contributed by atoms with Crippen LogP contribution < -0.4 is 5.32 Å². The average molecular weight is 367 g/mol. The summed E-state index contributed by atoms with van der Waals surface area (Å²) in [5.74, 6) is -1.28. The third kappa shape index (κ3) is 5.51. The maximum absolute atomic E-state index is 12.3. The van der Waals surface area contributed by atoms with E-state index in [1.54, 1.807) is 24.3 Å². The van der Waals surface area contributed by atoms with Gasteiger partial charge in [-0.25, -0.2) is 0 Å². The number of Topliss-reactive ketones (excluding diaryl/α,β-unsaturated/α-hetero) is 1. The quantitative estimate of drug-likeness (QED) is 0.601. The molecule has 0 saturated carbocycles. The number of hydrogen-bond donors (Lipinski definition) is 1. The maximum Gasteiger partial charge on any atom is 0.326 e. The lowest BCUT2D eigenvalue weighted by Gasteiger charge is -2.13. The van der Waals surface area contributed by atoms with Gasteiger partial charge in [-0.05, 0) is 56.0 Å². The molecule has 27 heavy (non-hydrogen) atoms. The first kappa shape index (κ1) is 20.4. The van der Waals surface area contributed by atoms with E-state index in [0.29, 0.717) is 11.1 Å². The smallest absolute Gasteiger partial charge is 0.326 e. The minimum Gasteiger partial charge on any atom is -0.453 e. The molecular weight excluding hydrogens is 342 g/mol. The number of carbonyl (C=O) groups is 3. The normalized spacial score (nSPS) is 11.6. The maximum atomic E-state index is 12.3. The fourth-order valence-electron chi connectivity index (χ4n) is 2.57. The fourth-order valence-corrected chi connectivity index (χ4v) is 2.57. The SMILES string of the molecule is CCc1ccc(C(=O)[C@H](C)OC(=O)CNC(=O)c2ccc(C)c(C)c2)cc1. The van der Waals surface area contributed by atoms with Gasteiger partial charge in [-0.1, -0.05) is 37.3 Å². The van der Waals surface area contributed by atoms with Crippen molar-refractivity contribution in [1.82, 2.24) is 5.32 Å². The lowest BCUT2D eigenvalue weighted by Crippen LogP contribution is -2.34. The van der Waals surface area contributed by atoms with Crippen LogP contribution in [0, 0.1) is 13.8 Å². The molecule has 2 rings (SSSR count). The standard InChI is InChI=1S/C22H25NO4/c1-5-17-7-10-18(11-8-17)21(25)16(4)27-20(24)13-23-22(26)19-9-6-14(2)15(3)12-19/h6-12,16H,5,13H2,1-4H3,(H,23,26)/t16-/m0/s1. The Bertz CT molecular complexity index is 840. The Morgan fingerprint density at radius 2 is 1.59 bits per heavy atom. The molecule has 1 atom stereocenters. The summed E-state index contributed by atoms with van der Waals surface area (Å²) in [4.78, 5) is 36.4. The lowest BCUT2D eigenvalue weighted by molar-refractivity contribution is -0.145. The van der Waals surface area contributed by atoms with Crippen LogP contribution in [-0.2, 0) is 16.0 Å². The second kappa shape index (κ2) is 9.12. The zero-order valence-corrected chi connectivity index (χ0v) is 16.2. The Balaban J connectivity index is 1.87. The molecule has 0 radical (unpaired) electrons. The molecule has 0 aliphatic heterocycles. The van der Waals surface area contributed by atoms with E-state index in [0.717, 1.165) is 23.1 Å². The van der Waals surface area contributed by atoms with Gasteiger partial charge in [0.15, 0.2) is 6.10 Å². The summed E-state index contributed by atoms with van der Waals surface area (Å²) in [6, 6.07) is 12.5. The Morgan fingerprint density at radius 3 is 2.19 bits per heavy atom. The van der Waals surface area contributed by atoms with Crippen LogP contribution in [0.4, 0.5) is 0 Å². The van der Waals surface area contributed by atoms with Crippen LogP contribution in [-0.4, -0.2) is 30.3 Å². The Labute approximate surface area is 159 Å². The van der Waals surface area contributed by atoms with Crippen LogP contribution in [0.5, 0.6) is 0 Å². The number of esters is 1. The molecule has 142 valence electrons. The van der Waals surface area contributed by atoms with E-state index >= 15 is 0 Å². The third-order valence-electron chi connectivity index (χ3n) is 4.49. The highest BCUT2D eigenvalue weighted by molar-refractivity contribution is 6.00. The molecule has 0 aliphatic carbocycles. The molecule has 0 aromatic heterocycles. The number of amides is 1. The van der Waals surface area contributed by atoms with E-state index in [1.807, 2.05) is 39.0 Å². The van der Waals surface area contributed by atoms with Crippen LogP contribution >= 0.6 is 0 Å². The Kier molecular flexibility index (Phi) is 6.88. The number of aryl methyl sites for hydroxylation is 3. The van der Waals surface area contributed by atoms with Crippen molar-refractivity contribution in [1.29, 1.82) is 0 Å². The van der Waals surface area contributed by atoms with Crippen LogP contribution in [0.3, 0.4) is 0 Å². The minimum absolute atomic E-state index is 0.272. The molecule has 0 heterocycles. The van der Waals surface area contributed by atoms with Crippen molar-refractivity contribution >= 4 is 17.7 Å². The van der Waals surface area contributed by atoms with Crippen LogP contribution in [0.25, 0.3) is 0 Å². The number of benzene rings is 2. The van der Waals surface area contributed by atoms with Gasteiger partial charge < -0.3 is 10.1 Å². The monoisotopic (exact) mass is 367 g/mol. The molecule has 0 bridgehead atoms. The first-order valence-electron chi connectivity index (χ1n) is 9.00. The molecule has 0 spiro atoms. The predicted molar refractivity (Wildman–Crippen MR) is 104 cm³/mol. The summed E-state index contributed by atoms with van der Waals surface area (Å²) in [5.41, 5.74) is 4.19. The number of ether oxygens (including phenoxy) is 1. The number of hydrogen-bond acceptors (Lipinski definition) is 4. The van der Waals surface area contributed by atoms with Crippen molar-refractivity contribution in [3.63, 3.8) is 0 Å². The van der Waals surface area contributed by atoms with Crippen LogP contribution in [0.1, 0.15) is 51.3 Å². The lowest BCUT2D eigenvalue weighted by atomic mass is 10.0. The number of rotatable bonds is 7. The van der Waals surface area contributed by atoms with E-state index in [2.05, 4.69) is 5.32 Å². The van der Waals surface area contributed by atoms with Gasteiger partial charge >= 0.3 is 5.97 Å². The highest BCUT2D eigenvalue weighted by Crippen LogP contribution is 2.11. The zero-order chi connectivity index (χ0) is 20.0. The molecular formula is C22H25NO4. The first-order chi connectivity index (χ1) is 12.8. The summed E-state index contributed by atoms with van der Waals surface area (Å²) >= 11 is 0. The fraction of sp³-hybridized carbons (Fsp3) is 0.318. The van der Waals surface area contributed by atoms with Gasteiger partial charge in [-0.2, -0.15) is 0 Å². The van der Waals surface area contributed by atoms with E-state index in [-0.39, 0.29) is 18.2 Å². The van der Waals surface area contributed by atoms with Crippen molar-refractivity contribution in [2.24, 2.45) is 0 Å². The summed E-state index contributed by atoms with van der Waals surface area (Å²) in [6.45, 7) is 7.15. The number of carbonyl (C=O) groups excluding carboxylic acids is 3. The van der Waals surface area contributed by atoms with Gasteiger partial charge in [0.05, 0.1) is 0 Å². The third-order valence-corrected chi connectivity index (χ3v) is 4.49. The summed E-state index contributed by atoms with van der Waals surface area (Å²) in [7, 11) is 0. The molecule has 1 amide bonds. The molecule has 0 fully saturated rings. The van der Waals surface area contributed by atoms with Gasteiger partial charge in [0, 0.05) is 11.1 Å². The number of ketones is 1. The van der Waals surface area contributed by atoms with E-state index < -0.39 is 12.1 Å². The molecule has 2 aromatic carbocycles. The summed E-state index contributed by atoms with van der Waals surface area (Å²) in [6.07, 6.45) is -0.0253. The Morgan fingerprint density at radius 1 is 0.963 bits per heavy atom. The van der Waals surface area contributed by atoms with E-state index in [4.69, 9.17) is 4.74 Å². The molecule has 0 unspecified atom stereocenters. The van der Waals surface area contributed by atoms with Gasteiger partial charge in [-0.3, -0.25) is 14.4 Å². The topological polar surface area (TPSA) is 72.5 Å². The van der Waals surface area contributed by atoms with Crippen LogP contribution in [0.15, 0.2) is 42.5 Å². The largest absolute Gasteiger partial charge is 0.453 e. The van der Waals surface area contributed by atoms with Crippen molar-refractivity contribution in [3.05, 3.63) is 70.3 Å². The summed E-state index contributed by atoms with van der Waals surface area (Å²) in [5, 5.41) is 2.52. The molecule has 5 nitrogen and oxygen atoms in total. The molecule has 5 heteroatoms. The van der Waals surface area contributed by atoms with Crippen molar-refractivity contribution < 1.29 is 19.1 Å². The first-order valence-corrected chi connectivity index (χ1v) is 9.00. The second-order valence-corrected chi connectivity index (χ2v) is 6.53. The highest BCUT2D eigenvalue weighted by Gasteiger charge is 2.20. The van der Waals surface area contributed by atoms with E-state index in [9.17, 15) is 14.4 Å². The van der Waals surface area contributed by atoms with Crippen molar-refractivity contribution in [2.75, 3.05) is 6.54 Å². The van der Waals surface area contributed by atoms with Gasteiger partial charge in [0.25, 0.3) is 5.91 Å². The van der Waals surface area contributed by atoms with Gasteiger partial charge in [-0.15, -0.1) is 0 Å². The number of nitrogens with one attached hydrogen (secondary N) is 1. The second-order valence-electron chi connectivity index (χ2n) is 6.53. The molecule has 0 aliphatic rings. The van der Waals surface area contributed by atoms with Gasteiger partial charge in [0.1, 0.15) is 6.54 Å². The van der Waals surface area contributed by atoms with Gasteiger partial charge in [0.2, 0.25) is 5.78 Å².